The Morgan fingerprint density at radius 1 is 1.27 bits per heavy atom. The van der Waals surface area contributed by atoms with Crippen LogP contribution in [0.15, 0.2) is 40.9 Å². The summed E-state index contributed by atoms with van der Waals surface area (Å²) in [4.78, 5) is 15.1. The average molecular weight is 145 g/mol. The number of aliphatic imine (C=N–C) groups is 1. The Hall–Kier alpha value is -1.44. The molecule has 0 fully saturated rings. The maximum Gasteiger partial charge on any atom is 0.179 e. The Labute approximate surface area is 64.6 Å². The second kappa shape index (κ2) is 2.31. The van der Waals surface area contributed by atoms with Crippen LogP contribution in [0.5, 0.6) is 0 Å². The van der Waals surface area contributed by atoms with Crippen molar-refractivity contribution in [2.24, 2.45) is 4.99 Å². The molecule has 1 aliphatic carbocycles. The lowest BCUT2D eigenvalue weighted by Gasteiger charge is -2.09. The third-order valence-corrected chi connectivity index (χ3v) is 1.66. The standard InChI is InChI=1S/C9H7NO/c11-8-3-4-9-7(6-8)2-1-5-10-9/h1-4,6H,5H2. The highest BCUT2D eigenvalue weighted by atomic mass is 16.1. The number of fused-ring (bicyclic) bond motifs is 1. The predicted molar refractivity (Wildman–Crippen MR) is 43.7 cm³/mol. The van der Waals surface area contributed by atoms with E-state index in [2.05, 4.69) is 4.99 Å². The first-order chi connectivity index (χ1) is 5.36. The number of ketones is 1. The molecule has 1 heterocycles. The van der Waals surface area contributed by atoms with E-state index in [4.69, 9.17) is 0 Å². The van der Waals surface area contributed by atoms with Gasteiger partial charge in [-0.1, -0.05) is 12.2 Å². The maximum atomic E-state index is 10.9. The largest absolute Gasteiger partial charge is 0.290 e. The molecule has 2 rings (SSSR count). The van der Waals surface area contributed by atoms with Crippen LogP contribution in [0.1, 0.15) is 0 Å². The Bertz CT molecular complexity index is 318. The second-order valence-electron chi connectivity index (χ2n) is 2.46. The summed E-state index contributed by atoms with van der Waals surface area (Å²) in [5, 5.41) is 0. The van der Waals surface area contributed by atoms with Crippen LogP contribution in [0, 0.1) is 0 Å². The van der Waals surface area contributed by atoms with Crippen LogP contribution in [0.4, 0.5) is 0 Å². The van der Waals surface area contributed by atoms with Crippen LogP contribution in [-0.4, -0.2) is 18.0 Å². The van der Waals surface area contributed by atoms with Crippen molar-refractivity contribution in [1.82, 2.24) is 0 Å². The zero-order chi connectivity index (χ0) is 7.68. The van der Waals surface area contributed by atoms with Gasteiger partial charge in [-0.05, 0) is 18.2 Å². The molecule has 2 heteroatoms. The molecule has 0 aromatic rings. The quantitative estimate of drug-likeness (QED) is 0.469. The van der Waals surface area contributed by atoms with E-state index in [0.717, 1.165) is 17.8 Å². The van der Waals surface area contributed by atoms with Crippen LogP contribution in [0.3, 0.4) is 0 Å². The van der Waals surface area contributed by atoms with E-state index in [9.17, 15) is 4.79 Å². The number of dihydropyridines is 1. The first-order valence-corrected chi connectivity index (χ1v) is 3.51. The fourth-order valence-corrected chi connectivity index (χ4v) is 1.14. The number of carbonyl (C=O) groups is 1. The van der Waals surface area contributed by atoms with Gasteiger partial charge in [0.2, 0.25) is 0 Å². The number of hydrogen-bond donors (Lipinski definition) is 0. The van der Waals surface area contributed by atoms with Gasteiger partial charge in [-0.2, -0.15) is 0 Å². The fourth-order valence-electron chi connectivity index (χ4n) is 1.14. The van der Waals surface area contributed by atoms with Crippen molar-refractivity contribution in [3.05, 3.63) is 36.0 Å². The van der Waals surface area contributed by atoms with E-state index < -0.39 is 0 Å². The van der Waals surface area contributed by atoms with Gasteiger partial charge < -0.3 is 0 Å². The number of rotatable bonds is 0. The molecule has 0 aromatic heterocycles. The maximum absolute atomic E-state index is 10.9. The Morgan fingerprint density at radius 2 is 2.18 bits per heavy atom. The topological polar surface area (TPSA) is 29.4 Å². The smallest absolute Gasteiger partial charge is 0.179 e. The monoisotopic (exact) mass is 145 g/mol. The average Bonchev–Trinajstić information content (AvgIpc) is 2.04. The van der Waals surface area contributed by atoms with Crippen molar-refractivity contribution in [1.29, 1.82) is 0 Å². The van der Waals surface area contributed by atoms with Gasteiger partial charge >= 0.3 is 0 Å². The third-order valence-electron chi connectivity index (χ3n) is 1.66. The van der Waals surface area contributed by atoms with E-state index in [1.165, 1.54) is 0 Å². The summed E-state index contributed by atoms with van der Waals surface area (Å²) in [5.74, 6) is 0.0468. The number of nitrogens with zero attached hydrogens (tertiary/aromatic N) is 1. The van der Waals surface area contributed by atoms with Gasteiger partial charge in [-0.25, -0.2) is 0 Å². The summed E-state index contributed by atoms with van der Waals surface area (Å²) in [7, 11) is 0. The highest BCUT2D eigenvalue weighted by Crippen LogP contribution is 2.11. The zero-order valence-electron chi connectivity index (χ0n) is 5.95. The Morgan fingerprint density at radius 3 is 3.09 bits per heavy atom. The number of allylic oxidation sites excluding steroid dienone is 5. The van der Waals surface area contributed by atoms with Gasteiger partial charge in [0.05, 0.1) is 12.3 Å². The van der Waals surface area contributed by atoms with E-state index in [1.54, 1.807) is 18.2 Å². The molecule has 0 spiro atoms. The minimum absolute atomic E-state index is 0.0468. The van der Waals surface area contributed by atoms with Crippen molar-refractivity contribution < 1.29 is 4.79 Å². The molecular weight excluding hydrogens is 138 g/mol. The van der Waals surface area contributed by atoms with E-state index in [0.29, 0.717) is 0 Å². The normalized spacial score (nSPS) is 20.9. The molecule has 54 valence electrons. The molecular formula is C9H7NO. The Balaban J connectivity index is 2.44. The molecule has 11 heavy (non-hydrogen) atoms. The van der Waals surface area contributed by atoms with Gasteiger partial charge in [-0.3, -0.25) is 9.79 Å². The molecule has 1 aliphatic heterocycles. The molecule has 0 saturated carbocycles. The molecule has 0 radical (unpaired) electrons. The molecule has 0 amide bonds. The summed E-state index contributed by atoms with van der Waals surface area (Å²) >= 11 is 0. The first kappa shape index (κ1) is 6.28. The summed E-state index contributed by atoms with van der Waals surface area (Å²) in [6, 6.07) is 0. The van der Waals surface area contributed by atoms with Gasteiger partial charge in [0.25, 0.3) is 0 Å². The molecule has 2 nitrogen and oxygen atoms in total. The van der Waals surface area contributed by atoms with Crippen molar-refractivity contribution in [3.8, 4) is 0 Å². The zero-order valence-corrected chi connectivity index (χ0v) is 5.95. The minimum atomic E-state index is 0.0468. The van der Waals surface area contributed by atoms with Crippen molar-refractivity contribution in [2.75, 3.05) is 6.54 Å². The molecule has 0 unspecified atom stereocenters. The van der Waals surface area contributed by atoms with Gasteiger partial charge in [0, 0.05) is 5.57 Å². The SMILES string of the molecule is O=C1C=CC2=NCC=CC2=C1. The lowest BCUT2D eigenvalue weighted by Crippen LogP contribution is -2.09. The lowest BCUT2D eigenvalue weighted by molar-refractivity contribution is -0.110. The molecule has 0 atom stereocenters. The van der Waals surface area contributed by atoms with Gasteiger partial charge in [0.1, 0.15) is 0 Å². The molecule has 0 saturated heterocycles. The highest BCUT2D eigenvalue weighted by molar-refractivity contribution is 6.21. The molecule has 2 aliphatic rings. The van der Waals surface area contributed by atoms with E-state index >= 15 is 0 Å². The Kier molecular flexibility index (Phi) is 1.32. The summed E-state index contributed by atoms with van der Waals surface area (Å²) < 4.78 is 0. The summed E-state index contributed by atoms with van der Waals surface area (Å²) in [5.41, 5.74) is 1.86. The number of carbonyl (C=O) groups excluding carboxylic acids is 1. The lowest BCUT2D eigenvalue weighted by atomic mass is 10.0. The minimum Gasteiger partial charge on any atom is -0.290 e. The van der Waals surface area contributed by atoms with Crippen LogP contribution in [0.2, 0.25) is 0 Å². The summed E-state index contributed by atoms with van der Waals surface area (Å²) in [6.45, 7) is 0.727. The molecule has 0 aromatic carbocycles. The molecule has 0 N–H and O–H groups in total. The van der Waals surface area contributed by atoms with Crippen LogP contribution in [0.25, 0.3) is 0 Å². The third kappa shape index (κ3) is 1.07. The van der Waals surface area contributed by atoms with E-state index in [1.807, 2.05) is 12.2 Å². The molecule has 0 bridgehead atoms. The van der Waals surface area contributed by atoms with Crippen molar-refractivity contribution in [3.63, 3.8) is 0 Å². The van der Waals surface area contributed by atoms with E-state index in [-0.39, 0.29) is 5.78 Å². The van der Waals surface area contributed by atoms with Crippen LogP contribution >= 0.6 is 0 Å². The predicted octanol–water partition coefficient (Wildman–Crippen LogP) is 1.06. The van der Waals surface area contributed by atoms with Crippen molar-refractivity contribution >= 4 is 11.5 Å². The summed E-state index contributed by atoms with van der Waals surface area (Å²) in [6.07, 6.45) is 8.79. The number of hydrogen-bond acceptors (Lipinski definition) is 2. The highest BCUT2D eigenvalue weighted by Gasteiger charge is 2.09. The van der Waals surface area contributed by atoms with Crippen LogP contribution < -0.4 is 0 Å². The van der Waals surface area contributed by atoms with Crippen molar-refractivity contribution in [2.45, 2.75) is 0 Å². The van der Waals surface area contributed by atoms with Gasteiger partial charge in [-0.15, -0.1) is 0 Å². The van der Waals surface area contributed by atoms with Gasteiger partial charge in [0.15, 0.2) is 5.78 Å². The fraction of sp³-hybridized carbons (Fsp3) is 0.111. The second-order valence-corrected chi connectivity index (χ2v) is 2.46. The van der Waals surface area contributed by atoms with Crippen LogP contribution in [-0.2, 0) is 4.79 Å². The first-order valence-electron chi connectivity index (χ1n) is 3.51.